The number of nitrogens with two attached hydrogens (primary N) is 4. The molecule has 8 fully saturated rings. The van der Waals surface area contributed by atoms with E-state index in [1.54, 1.807) is 55.4 Å². The number of hydrogen-bond donors (Lipinski definition) is 4. The van der Waals surface area contributed by atoms with E-state index in [0.29, 0.717) is 18.3 Å². The van der Waals surface area contributed by atoms with E-state index in [1.807, 2.05) is 0 Å². The number of carbonyl (C=O) groups is 4. The van der Waals surface area contributed by atoms with Crippen molar-refractivity contribution in [2.45, 2.75) is 179 Å². The Morgan fingerprint density at radius 3 is 0.733 bits per heavy atom. The summed E-state index contributed by atoms with van der Waals surface area (Å²) in [5, 5.41) is 0. The number of alkyl halides is 8. The maximum Gasteiger partial charge on any atom is 0.475 e. The Balaban J connectivity index is 0.000000182. The first-order valence-corrected chi connectivity index (χ1v) is 42.6. The number of anilines is 4. The Kier molecular flexibility index (Phi) is 32.0. The molecule has 8 saturated heterocycles. The molecule has 56 heteroatoms. The molecular weight excluding hydrogens is 1720 g/mol. The first kappa shape index (κ1) is 96.1. The van der Waals surface area contributed by atoms with Crippen molar-refractivity contribution < 1.29 is 165 Å². The molecule has 0 aliphatic carbocycles. The zero-order valence-electron chi connectivity index (χ0n) is 64.9. The van der Waals surface area contributed by atoms with Gasteiger partial charge in [0.25, 0.3) is 0 Å². The monoisotopic (exact) mass is 1810 g/mol. The van der Waals surface area contributed by atoms with Crippen LogP contribution in [0.2, 0.25) is 0 Å². The molecule has 44 nitrogen and oxygen atoms in total. The van der Waals surface area contributed by atoms with Crippen molar-refractivity contribution in [1.82, 2.24) is 38.2 Å². The maximum atomic E-state index is 14.9. The largest absolute Gasteiger partial charge is 0.475 e. The first-order valence-electron chi connectivity index (χ1n) is 36.8. The number of phosphoric acid groups is 4. The Morgan fingerprint density at radius 2 is 0.567 bits per heavy atom. The van der Waals surface area contributed by atoms with E-state index in [2.05, 4.69) is 19.9 Å². The number of aromatic nitrogens is 8. The van der Waals surface area contributed by atoms with E-state index in [4.69, 9.17) is 115 Å². The van der Waals surface area contributed by atoms with Gasteiger partial charge in [0.2, 0.25) is 24.9 Å². The van der Waals surface area contributed by atoms with E-state index < -0.39 is 225 Å². The van der Waals surface area contributed by atoms with Crippen LogP contribution in [-0.4, -0.2) is 214 Å². The van der Waals surface area contributed by atoms with Crippen LogP contribution in [0.3, 0.4) is 0 Å². The second-order valence-corrected chi connectivity index (χ2v) is 33.6. The second-order valence-electron chi connectivity index (χ2n) is 27.2. The van der Waals surface area contributed by atoms with Crippen LogP contribution in [-0.2, 0) is 130 Å². The fourth-order valence-electron chi connectivity index (χ4n) is 11.9. The van der Waals surface area contributed by atoms with E-state index in [9.17, 15) is 91.7 Å². The van der Waals surface area contributed by atoms with Crippen LogP contribution in [0.4, 0.5) is 58.4 Å². The number of rotatable bonds is 28. The summed E-state index contributed by atoms with van der Waals surface area (Å²) in [5.74, 6) is -19.6. The molecule has 0 bridgehead atoms. The number of esters is 4. The predicted octanol–water partition coefficient (Wildman–Crippen LogP) is 5.95. The average molecular weight is 1810 g/mol. The van der Waals surface area contributed by atoms with Crippen molar-refractivity contribution in [2.24, 2.45) is 23.7 Å². The molecule has 0 aromatic carbocycles. The van der Waals surface area contributed by atoms with E-state index in [-0.39, 0.29) is 102 Å². The number of hydrogen-bond acceptors (Lipinski definition) is 40. The van der Waals surface area contributed by atoms with E-state index in [0.717, 1.165) is 24.8 Å². The van der Waals surface area contributed by atoms with Crippen LogP contribution < -0.4 is 45.7 Å². The van der Waals surface area contributed by atoms with Gasteiger partial charge in [0.1, 0.15) is 47.7 Å². The zero-order chi connectivity index (χ0) is 88.4. The lowest BCUT2D eigenvalue weighted by Crippen LogP contribution is -2.45. The number of fused-ring (bicyclic) bond motifs is 4. The lowest BCUT2D eigenvalue weighted by atomic mass is 10.1. The lowest BCUT2D eigenvalue weighted by molar-refractivity contribution is -0.148. The third-order valence-electron chi connectivity index (χ3n) is 18.3. The summed E-state index contributed by atoms with van der Waals surface area (Å²) in [6, 6.07) is 4.66. The predicted molar refractivity (Wildman–Crippen MR) is 386 cm³/mol. The van der Waals surface area contributed by atoms with Crippen LogP contribution in [0, 0.1) is 23.7 Å². The summed E-state index contributed by atoms with van der Waals surface area (Å²) < 4.78 is 273. The molecule has 0 radical (unpaired) electrons. The normalized spacial score (nSPS) is 31.1. The number of nitrogens with zero attached hydrogens (tertiary/aromatic N) is 8. The van der Waals surface area contributed by atoms with Crippen LogP contribution in [0.5, 0.6) is 0 Å². The van der Waals surface area contributed by atoms with Gasteiger partial charge in [0.05, 0.1) is 103 Å². The highest BCUT2D eigenvalue weighted by Crippen LogP contribution is 2.64. The van der Waals surface area contributed by atoms with Gasteiger partial charge in [-0.25, -0.2) is 37.4 Å². The molecule has 4 aromatic heterocycles. The number of phosphoric ester groups is 4. The van der Waals surface area contributed by atoms with Gasteiger partial charge in [0.15, 0.2) is 24.4 Å². The molecule has 0 saturated carbocycles. The minimum Gasteiger partial charge on any atom is -0.466 e. The van der Waals surface area contributed by atoms with Gasteiger partial charge in [-0.15, -0.1) is 0 Å². The van der Waals surface area contributed by atoms with Crippen molar-refractivity contribution in [3.05, 3.63) is 91.0 Å². The van der Waals surface area contributed by atoms with Gasteiger partial charge in [-0.05, 0) is 77.6 Å². The van der Waals surface area contributed by atoms with Gasteiger partial charge in [-0.1, -0.05) is 27.7 Å². The summed E-state index contributed by atoms with van der Waals surface area (Å²) in [5.41, 5.74) is 17.3. The molecule has 12 rings (SSSR count). The van der Waals surface area contributed by atoms with Gasteiger partial charge >= 0.3 is 102 Å². The van der Waals surface area contributed by atoms with Gasteiger partial charge in [-0.3, -0.25) is 91.7 Å². The molecule has 12 heterocycles. The highest BCUT2D eigenvalue weighted by Gasteiger charge is 2.69. The van der Waals surface area contributed by atoms with Crippen molar-refractivity contribution in [1.29, 1.82) is 0 Å². The average Bonchev–Trinajstić information content (AvgIpc) is 1.61. The molecule has 672 valence electrons. The van der Waals surface area contributed by atoms with Crippen LogP contribution in [0.25, 0.3) is 0 Å². The summed E-state index contributed by atoms with van der Waals surface area (Å²) in [6.07, 6.45) is -16.7. The topological polar surface area (TPSA) is 565 Å². The van der Waals surface area contributed by atoms with Gasteiger partial charge in [-0.2, -0.15) is 55.1 Å². The third-order valence-corrected chi connectivity index (χ3v) is 24.1. The minimum absolute atomic E-state index is 0.117. The Morgan fingerprint density at radius 1 is 0.383 bits per heavy atom. The molecule has 20 atom stereocenters. The van der Waals surface area contributed by atoms with E-state index in [1.165, 1.54) is 24.3 Å². The van der Waals surface area contributed by atoms with E-state index >= 15 is 0 Å². The molecule has 120 heavy (non-hydrogen) atoms. The minimum atomic E-state index is -4.34. The zero-order valence-corrected chi connectivity index (χ0v) is 68.5. The van der Waals surface area contributed by atoms with Gasteiger partial charge in [0, 0.05) is 24.8 Å². The van der Waals surface area contributed by atoms with Gasteiger partial charge < -0.3 is 60.8 Å². The second kappa shape index (κ2) is 39.9. The third kappa shape index (κ3) is 22.8. The standard InChI is InChI=1S/4C16H22F2N3O8P/c4*1-3-25-13(22)9(2)5-7-26-30(24)27-8-10-12(29-30)16(17,18)14(28-10)21-6-4-11(19)20-15(21)23/h4*4,6,9-10,12,14H,3,5,7-8H2,1-2H3,(H2,19,20,23)/t9-,10+,12+,14+,30+;9-,10+,12+,14+,30-;9-,10-,12-,14-,30+;9-,10-,12-,14-,30-/m0011/s1. The summed E-state index contributed by atoms with van der Waals surface area (Å²) >= 11 is 0. The molecular formula is C64H88F8N12O32P4. The maximum absolute atomic E-state index is 14.9. The molecule has 8 N–H and O–H groups in total. The van der Waals surface area contributed by atoms with Crippen molar-refractivity contribution in [3.8, 4) is 0 Å². The highest BCUT2D eigenvalue weighted by molar-refractivity contribution is 7.49. The smallest absolute Gasteiger partial charge is 0.466 e. The Hall–Kier alpha value is -7.68. The Bertz CT molecular complexity index is 4160. The van der Waals surface area contributed by atoms with Crippen molar-refractivity contribution in [2.75, 3.05) is 102 Å². The molecule has 0 spiro atoms. The molecule has 0 amide bonds. The Labute approximate surface area is 674 Å². The fourth-order valence-corrected chi connectivity index (χ4v) is 17.6. The molecule has 4 aromatic rings. The summed E-state index contributed by atoms with van der Waals surface area (Å²) in [4.78, 5) is 108. The number of carbonyl (C=O) groups excluding carboxylic acids is 4. The van der Waals surface area contributed by atoms with Crippen molar-refractivity contribution >= 4 is 78.4 Å². The molecule has 8 aliphatic heterocycles. The molecule has 8 aliphatic rings. The van der Waals surface area contributed by atoms with Crippen molar-refractivity contribution in [3.63, 3.8) is 0 Å². The summed E-state index contributed by atoms with van der Waals surface area (Å²) in [6.45, 7) is 10.8. The van der Waals surface area contributed by atoms with Crippen LogP contribution >= 0.6 is 31.3 Å². The summed E-state index contributed by atoms with van der Waals surface area (Å²) in [7, 11) is -17.4. The number of nitrogen functional groups attached to an aromatic ring is 4. The van der Waals surface area contributed by atoms with Crippen LogP contribution in [0.15, 0.2) is 68.2 Å². The number of halogens is 8. The SMILES string of the molecule is CCOC(=O)[C@@H](C)CCO[P@@]1(=O)OC[C@H]2O[C@@H](n3ccc(N)nc3=O)C(F)(F)[C@@H]2O1.CCOC(=O)[C@@H](C)CCO[P@]1(=O)OC[C@H]2O[C@@H](n3ccc(N)nc3=O)C(F)(F)[C@@H]2O1.CCOC(=O)[C@H](C)CCO[P@@]1(=O)OC[C@H]2O[C@@H](n3ccc(N)nc3=O)C(F)(F)[C@@H]2O1.CCOC(=O)[C@H](C)CCO[P@]1(=O)OC[C@H]2O[C@@H](n3ccc(N)nc3=O)C(F)(F)[C@@H]2O1. The van der Waals surface area contributed by atoms with Crippen LogP contribution in [0.1, 0.15) is 106 Å². The number of ether oxygens (including phenoxy) is 8. The molecule has 0 unspecified atom stereocenters. The first-order chi connectivity index (χ1) is 56.3. The quantitative estimate of drug-likeness (QED) is 0.0221. The highest BCUT2D eigenvalue weighted by atomic mass is 31.2. The lowest BCUT2D eigenvalue weighted by Gasteiger charge is -2.31. The fraction of sp³-hybridized carbons (Fsp3) is 0.688.